The highest BCUT2D eigenvalue weighted by Crippen LogP contribution is 2.30. The third-order valence-electron chi connectivity index (χ3n) is 3.65. The quantitative estimate of drug-likeness (QED) is 0.911. The van der Waals surface area contributed by atoms with Gasteiger partial charge in [0.05, 0.1) is 12.6 Å². The second kappa shape index (κ2) is 6.93. The fourth-order valence-corrected chi connectivity index (χ4v) is 3.18. The number of rotatable bonds is 4. The predicted octanol–water partition coefficient (Wildman–Crippen LogP) is 1.87. The van der Waals surface area contributed by atoms with Crippen molar-refractivity contribution in [1.29, 1.82) is 0 Å². The zero-order valence-corrected chi connectivity index (χ0v) is 12.9. The molecule has 1 atom stereocenters. The first-order valence-electron chi connectivity index (χ1n) is 6.89. The zero-order chi connectivity index (χ0) is 16.3. The number of likely N-dealkylation sites (N-methyl/N-ethyl adjacent to an activating group) is 1. The summed E-state index contributed by atoms with van der Waals surface area (Å²) in [5, 5.41) is 1.19. The summed E-state index contributed by atoms with van der Waals surface area (Å²) in [4.78, 5) is 17.1. The van der Waals surface area contributed by atoms with Crippen LogP contribution in [0.1, 0.15) is 23.5 Å². The van der Waals surface area contributed by atoms with Gasteiger partial charge in [0.15, 0.2) is 5.69 Å². The molecule has 1 unspecified atom stereocenters. The third kappa shape index (κ3) is 4.17. The van der Waals surface area contributed by atoms with Gasteiger partial charge in [0.2, 0.25) is 5.91 Å². The number of alkyl halides is 3. The molecule has 0 radical (unpaired) electrons. The van der Waals surface area contributed by atoms with E-state index >= 15 is 0 Å². The van der Waals surface area contributed by atoms with E-state index in [0.717, 1.165) is 29.6 Å². The molecule has 1 amide bonds. The molecule has 2 rings (SSSR count). The molecule has 1 aliphatic rings. The highest BCUT2D eigenvalue weighted by atomic mass is 32.1. The van der Waals surface area contributed by atoms with Gasteiger partial charge in [0.25, 0.3) is 0 Å². The molecular weight excluding hydrogens is 319 g/mol. The maximum atomic E-state index is 12.5. The molecule has 1 aliphatic heterocycles. The van der Waals surface area contributed by atoms with Crippen LogP contribution in [0, 0.1) is 5.92 Å². The molecule has 0 spiro atoms. The Morgan fingerprint density at radius 3 is 2.73 bits per heavy atom. The number of amides is 1. The fourth-order valence-electron chi connectivity index (χ4n) is 2.33. The smallest absolute Gasteiger partial charge is 0.381 e. The van der Waals surface area contributed by atoms with Crippen LogP contribution in [0.2, 0.25) is 0 Å². The van der Waals surface area contributed by atoms with E-state index in [0.29, 0.717) is 13.2 Å². The molecule has 1 aromatic rings. The molecule has 0 bridgehead atoms. The molecule has 5 nitrogen and oxygen atoms in total. The Balaban J connectivity index is 1.94. The van der Waals surface area contributed by atoms with Crippen LogP contribution < -0.4 is 5.73 Å². The number of hydrogen-bond acceptors (Lipinski definition) is 5. The van der Waals surface area contributed by atoms with Gasteiger partial charge in [-0.3, -0.25) is 4.79 Å². The van der Waals surface area contributed by atoms with E-state index < -0.39 is 17.9 Å². The number of halogens is 3. The van der Waals surface area contributed by atoms with Crippen molar-refractivity contribution in [3.8, 4) is 0 Å². The number of carbonyl (C=O) groups is 1. The van der Waals surface area contributed by atoms with Crippen LogP contribution in [0.5, 0.6) is 0 Å². The van der Waals surface area contributed by atoms with Crippen LogP contribution >= 0.6 is 11.3 Å². The van der Waals surface area contributed by atoms with Gasteiger partial charge >= 0.3 is 6.18 Å². The van der Waals surface area contributed by atoms with Crippen molar-refractivity contribution in [2.45, 2.75) is 31.6 Å². The van der Waals surface area contributed by atoms with Crippen molar-refractivity contribution >= 4 is 17.2 Å². The molecule has 9 heteroatoms. The molecule has 0 saturated carbocycles. The van der Waals surface area contributed by atoms with Crippen LogP contribution in [0.15, 0.2) is 5.38 Å². The van der Waals surface area contributed by atoms with E-state index in [-0.39, 0.29) is 23.4 Å². The number of hydrogen-bond donors (Lipinski definition) is 1. The van der Waals surface area contributed by atoms with Crippen LogP contribution in [0.4, 0.5) is 13.2 Å². The van der Waals surface area contributed by atoms with Crippen molar-refractivity contribution in [2.75, 3.05) is 20.3 Å². The lowest BCUT2D eigenvalue weighted by molar-refractivity contribution is -0.140. The highest BCUT2D eigenvalue weighted by Gasteiger charge is 2.34. The molecule has 22 heavy (non-hydrogen) atoms. The van der Waals surface area contributed by atoms with Crippen molar-refractivity contribution in [1.82, 2.24) is 9.88 Å². The Kier molecular flexibility index (Phi) is 5.41. The number of carbonyl (C=O) groups excluding carboxylic acids is 1. The van der Waals surface area contributed by atoms with Gasteiger partial charge in [0.1, 0.15) is 5.01 Å². The summed E-state index contributed by atoms with van der Waals surface area (Å²) in [5.41, 5.74) is 5.05. The molecular formula is C13H18F3N3O2S. The maximum absolute atomic E-state index is 12.5. The average Bonchev–Trinajstić information content (AvgIpc) is 2.95. The second-order valence-corrected chi connectivity index (χ2v) is 6.24. The van der Waals surface area contributed by atoms with Crippen LogP contribution in [0.25, 0.3) is 0 Å². The first-order valence-corrected chi connectivity index (χ1v) is 7.77. The van der Waals surface area contributed by atoms with E-state index in [1.54, 1.807) is 0 Å². The molecule has 1 saturated heterocycles. The second-order valence-electron chi connectivity index (χ2n) is 5.29. The van der Waals surface area contributed by atoms with Crippen molar-refractivity contribution in [3.05, 3.63) is 16.1 Å². The Hall–Kier alpha value is -1.19. The van der Waals surface area contributed by atoms with Crippen molar-refractivity contribution < 1.29 is 22.7 Å². The Bertz CT molecular complexity index is 515. The largest absolute Gasteiger partial charge is 0.434 e. The number of aromatic nitrogens is 1. The highest BCUT2D eigenvalue weighted by molar-refractivity contribution is 7.09. The number of nitrogens with zero attached hydrogens (tertiary/aromatic N) is 2. The van der Waals surface area contributed by atoms with Gasteiger partial charge in [-0.15, -0.1) is 11.3 Å². The Morgan fingerprint density at radius 2 is 2.18 bits per heavy atom. The lowest BCUT2D eigenvalue weighted by Crippen LogP contribution is -2.47. The summed E-state index contributed by atoms with van der Waals surface area (Å²) in [6, 6.07) is -0.657. The minimum Gasteiger partial charge on any atom is -0.381 e. The number of nitrogens with two attached hydrogens (primary N) is 1. The monoisotopic (exact) mass is 337 g/mol. The topological polar surface area (TPSA) is 68.5 Å². The predicted molar refractivity (Wildman–Crippen MR) is 75.1 cm³/mol. The van der Waals surface area contributed by atoms with E-state index in [1.807, 2.05) is 0 Å². The van der Waals surface area contributed by atoms with Gasteiger partial charge in [-0.1, -0.05) is 0 Å². The van der Waals surface area contributed by atoms with E-state index in [9.17, 15) is 18.0 Å². The molecule has 0 aromatic carbocycles. The van der Waals surface area contributed by atoms with Crippen LogP contribution in [-0.2, 0) is 22.3 Å². The average molecular weight is 337 g/mol. The third-order valence-corrected chi connectivity index (χ3v) is 4.48. The fraction of sp³-hybridized carbons (Fsp3) is 0.692. The molecule has 124 valence electrons. The summed E-state index contributed by atoms with van der Waals surface area (Å²) in [6.07, 6.45) is -3.03. The van der Waals surface area contributed by atoms with Gasteiger partial charge in [-0.25, -0.2) is 4.98 Å². The molecule has 0 aliphatic carbocycles. The standard InChI is InChI=1S/C13H18F3N3O2S/c1-19(6-10-18-9(7-22-10)13(14,15)16)12(20)11(17)8-2-4-21-5-3-8/h7-8,11H,2-6,17H2,1H3. The lowest BCUT2D eigenvalue weighted by Gasteiger charge is -2.29. The first kappa shape index (κ1) is 17.2. The Morgan fingerprint density at radius 1 is 1.55 bits per heavy atom. The van der Waals surface area contributed by atoms with Crippen LogP contribution in [0.3, 0.4) is 0 Å². The summed E-state index contributed by atoms with van der Waals surface area (Å²) in [5.74, 6) is -0.235. The van der Waals surface area contributed by atoms with E-state index in [1.165, 1.54) is 11.9 Å². The molecule has 2 heterocycles. The SMILES string of the molecule is CN(Cc1nc(C(F)(F)F)cs1)C(=O)C(N)C1CCOCC1. The summed E-state index contributed by atoms with van der Waals surface area (Å²) < 4.78 is 42.7. The molecule has 1 aromatic heterocycles. The van der Waals surface area contributed by atoms with Gasteiger partial charge in [-0.2, -0.15) is 13.2 Å². The molecule has 2 N–H and O–H groups in total. The van der Waals surface area contributed by atoms with Gasteiger partial charge in [0, 0.05) is 25.6 Å². The van der Waals surface area contributed by atoms with E-state index in [2.05, 4.69) is 4.98 Å². The number of thiazole rings is 1. The maximum Gasteiger partial charge on any atom is 0.434 e. The summed E-state index contributed by atoms with van der Waals surface area (Å²) in [6.45, 7) is 1.18. The minimum absolute atomic E-state index is 0.0243. The lowest BCUT2D eigenvalue weighted by atomic mass is 9.91. The van der Waals surface area contributed by atoms with Crippen molar-refractivity contribution in [3.63, 3.8) is 0 Å². The summed E-state index contributed by atoms with van der Waals surface area (Å²) >= 11 is 0.884. The van der Waals surface area contributed by atoms with Crippen molar-refractivity contribution in [2.24, 2.45) is 11.7 Å². The first-order chi connectivity index (χ1) is 10.3. The number of ether oxygens (including phenoxy) is 1. The van der Waals surface area contributed by atoms with E-state index in [4.69, 9.17) is 10.5 Å². The Labute approximate surface area is 130 Å². The zero-order valence-electron chi connectivity index (χ0n) is 12.1. The molecule has 1 fully saturated rings. The van der Waals surface area contributed by atoms with Crippen LogP contribution in [-0.4, -0.2) is 42.1 Å². The minimum atomic E-state index is -4.46. The van der Waals surface area contributed by atoms with Gasteiger partial charge < -0.3 is 15.4 Å². The summed E-state index contributed by atoms with van der Waals surface area (Å²) in [7, 11) is 1.52. The van der Waals surface area contributed by atoms with Gasteiger partial charge in [-0.05, 0) is 18.8 Å². The normalized spacial score (nSPS) is 18.2.